The number of benzene rings is 3. The normalized spacial score (nSPS) is 11.6. The van der Waals surface area contributed by atoms with Gasteiger partial charge in [0.2, 0.25) is 0 Å². The highest BCUT2D eigenvalue weighted by molar-refractivity contribution is 7.99. The Labute approximate surface area is 207 Å². The van der Waals surface area contributed by atoms with E-state index in [2.05, 4.69) is 51.1 Å². The summed E-state index contributed by atoms with van der Waals surface area (Å²) in [6.07, 6.45) is 3.03. The second kappa shape index (κ2) is 13.1. The van der Waals surface area contributed by atoms with Gasteiger partial charge in [-0.1, -0.05) is 37.3 Å². The lowest BCUT2D eigenvalue weighted by Crippen LogP contribution is -2.13. The molecule has 0 radical (unpaired) electrons. The topological polar surface area (TPSA) is 44.8 Å². The lowest BCUT2D eigenvalue weighted by atomic mass is 10.0. The molecule has 0 saturated heterocycles. The van der Waals surface area contributed by atoms with Crippen LogP contribution in [-0.4, -0.2) is 24.9 Å². The van der Waals surface area contributed by atoms with Crippen LogP contribution in [-0.2, 0) is 22.4 Å². The quantitative estimate of drug-likeness (QED) is 0.200. The number of carbonyl (C=O) groups excluding carboxylic acids is 1. The number of hydrogen-bond donors (Lipinski definition) is 0. The van der Waals surface area contributed by atoms with E-state index in [1.807, 2.05) is 48.2 Å². The molecule has 3 aromatic rings. The highest BCUT2D eigenvalue weighted by atomic mass is 32.2. The van der Waals surface area contributed by atoms with E-state index in [4.69, 9.17) is 14.2 Å². The van der Waals surface area contributed by atoms with Crippen LogP contribution in [0.1, 0.15) is 43.4 Å². The van der Waals surface area contributed by atoms with Crippen molar-refractivity contribution in [3.63, 3.8) is 0 Å². The maximum Gasteiger partial charge on any atom is 0.305 e. The summed E-state index contributed by atoms with van der Waals surface area (Å²) in [7, 11) is 1.43. The standard InChI is InChI=1S/C29H34O4S/c1-5-23-11-15-27(28(20-23)33-25-9-7-6-8-10-25)32-22(3)17-18-34-26-14-12-24(21(2)19-26)13-16-29(30)31-4/h6-12,14-15,19-20,22H,5,13,16-18H2,1-4H3. The van der Waals surface area contributed by atoms with Crippen LogP contribution in [0.3, 0.4) is 0 Å². The molecule has 3 aromatic carbocycles. The highest BCUT2D eigenvalue weighted by Gasteiger charge is 2.12. The van der Waals surface area contributed by atoms with Crippen molar-refractivity contribution < 1.29 is 19.0 Å². The zero-order valence-corrected chi connectivity index (χ0v) is 21.3. The molecule has 180 valence electrons. The van der Waals surface area contributed by atoms with Crippen molar-refractivity contribution in [1.82, 2.24) is 0 Å². The monoisotopic (exact) mass is 478 g/mol. The molecule has 0 N–H and O–H groups in total. The van der Waals surface area contributed by atoms with E-state index < -0.39 is 0 Å². The van der Waals surface area contributed by atoms with Gasteiger partial charge in [0.15, 0.2) is 11.5 Å². The van der Waals surface area contributed by atoms with E-state index >= 15 is 0 Å². The van der Waals surface area contributed by atoms with Crippen LogP contribution in [0.25, 0.3) is 0 Å². The van der Waals surface area contributed by atoms with Crippen molar-refractivity contribution in [3.05, 3.63) is 83.4 Å². The average molecular weight is 479 g/mol. The number of thioether (sulfide) groups is 1. The molecule has 0 fully saturated rings. The highest BCUT2D eigenvalue weighted by Crippen LogP contribution is 2.34. The van der Waals surface area contributed by atoms with E-state index in [-0.39, 0.29) is 12.1 Å². The van der Waals surface area contributed by atoms with E-state index in [9.17, 15) is 4.79 Å². The summed E-state index contributed by atoms with van der Waals surface area (Å²) in [5.41, 5.74) is 3.61. The molecule has 3 rings (SSSR count). The lowest BCUT2D eigenvalue weighted by molar-refractivity contribution is -0.140. The Morgan fingerprint density at radius 3 is 2.50 bits per heavy atom. The fourth-order valence-corrected chi connectivity index (χ4v) is 4.67. The summed E-state index contributed by atoms with van der Waals surface area (Å²) in [4.78, 5) is 12.6. The van der Waals surface area contributed by atoms with Crippen molar-refractivity contribution >= 4 is 17.7 Å². The van der Waals surface area contributed by atoms with Crippen molar-refractivity contribution in [2.75, 3.05) is 12.9 Å². The third kappa shape index (κ3) is 7.84. The average Bonchev–Trinajstić information content (AvgIpc) is 2.85. The minimum absolute atomic E-state index is 0.0542. The Kier molecular flexibility index (Phi) is 9.89. The largest absolute Gasteiger partial charge is 0.487 e. The third-order valence-corrected chi connectivity index (χ3v) is 6.68. The van der Waals surface area contributed by atoms with E-state index in [0.717, 1.165) is 35.8 Å². The summed E-state index contributed by atoms with van der Waals surface area (Å²) >= 11 is 1.82. The Hall–Kier alpha value is -2.92. The molecule has 0 aliphatic heterocycles. The molecule has 0 aliphatic rings. The predicted octanol–water partition coefficient (Wildman–Crippen LogP) is 7.41. The van der Waals surface area contributed by atoms with Crippen LogP contribution in [0.15, 0.2) is 71.6 Å². The number of methoxy groups -OCH3 is 1. The molecule has 1 unspecified atom stereocenters. The summed E-state index contributed by atoms with van der Waals surface area (Å²) in [6, 6.07) is 22.4. The van der Waals surface area contributed by atoms with Crippen molar-refractivity contribution in [3.8, 4) is 17.2 Å². The molecule has 0 aliphatic carbocycles. The van der Waals surface area contributed by atoms with Crippen LogP contribution in [0.5, 0.6) is 17.2 Å². The zero-order chi connectivity index (χ0) is 24.3. The van der Waals surface area contributed by atoms with Gasteiger partial charge < -0.3 is 14.2 Å². The minimum atomic E-state index is -0.173. The Morgan fingerprint density at radius 2 is 1.79 bits per heavy atom. The van der Waals surface area contributed by atoms with Gasteiger partial charge in [-0.05, 0) is 86.2 Å². The zero-order valence-electron chi connectivity index (χ0n) is 20.5. The van der Waals surface area contributed by atoms with Crippen LogP contribution in [0, 0.1) is 6.92 Å². The van der Waals surface area contributed by atoms with Gasteiger partial charge in [-0.25, -0.2) is 0 Å². The van der Waals surface area contributed by atoms with Gasteiger partial charge in [-0.2, -0.15) is 0 Å². The summed E-state index contributed by atoms with van der Waals surface area (Å²) in [6.45, 7) is 6.33. The molecular formula is C29H34O4S. The molecule has 1 atom stereocenters. The van der Waals surface area contributed by atoms with Gasteiger partial charge in [0.05, 0.1) is 13.2 Å². The first-order chi connectivity index (χ1) is 16.5. The third-order valence-electron chi connectivity index (χ3n) is 5.65. The predicted molar refractivity (Wildman–Crippen MR) is 139 cm³/mol. The van der Waals surface area contributed by atoms with E-state index in [1.54, 1.807) is 0 Å². The Morgan fingerprint density at radius 1 is 1.00 bits per heavy atom. The molecular weight excluding hydrogens is 444 g/mol. The second-order valence-corrected chi connectivity index (χ2v) is 9.45. The fourth-order valence-electron chi connectivity index (χ4n) is 3.56. The first-order valence-corrected chi connectivity index (χ1v) is 12.8. The molecule has 5 heteroatoms. The number of ether oxygens (including phenoxy) is 3. The second-order valence-electron chi connectivity index (χ2n) is 8.28. The molecule has 0 saturated carbocycles. The Balaban J connectivity index is 1.54. The van der Waals surface area contributed by atoms with Crippen LogP contribution in [0.4, 0.5) is 0 Å². The first kappa shape index (κ1) is 25.7. The summed E-state index contributed by atoms with van der Waals surface area (Å²) < 4.78 is 17.2. The molecule has 0 aromatic heterocycles. The van der Waals surface area contributed by atoms with E-state index in [1.165, 1.54) is 28.7 Å². The van der Waals surface area contributed by atoms with Gasteiger partial charge in [0.25, 0.3) is 0 Å². The first-order valence-electron chi connectivity index (χ1n) is 11.8. The van der Waals surface area contributed by atoms with Gasteiger partial charge >= 0.3 is 5.97 Å². The number of hydrogen-bond acceptors (Lipinski definition) is 5. The maximum atomic E-state index is 11.4. The van der Waals surface area contributed by atoms with Gasteiger partial charge in [0, 0.05) is 17.1 Å². The van der Waals surface area contributed by atoms with Crippen molar-refractivity contribution in [1.29, 1.82) is 0 Å². The van der Waals surface area contributed by atoms with Crippen LogP contribution < -0.4 is 9.47 Å². The SMILES string of the molecule is CCc1ccc(OC(C)CCSc2ccc(CCC(=O)OC)c(C)c2)c(Oc2ccccc2)c1. The van der Waals surface area contributed by atoms with Crippen LogP contribution in [0.2, 0.25) is 0 Å². The maximum absolute atomic E-state index is 11.4. The number of carbonyl (C=O) groups is 1. The van der Waals surface area contributed by atoms with Crippen molar-refractivity contribution in [2.24, 2.45) is 0 Å². The minimum Gasteiger partial charge on any atom is -0.487 e. The van der Waals surface area contributed by atoms with Gasteiger partial charge in [-0.3, -0.25) is 4.79 Å². The summed E-state index contributed by atoms with van der Waals surface area (Å²) in [5.74, 6) is 3.10. The molecule has 0 bridgehead atoms. The molecule has 0 amide bonds. The molecule has 0 spiro atoms. The summed E-state index contributed by atoms with van der Waals surface area (Å²) in [5, 5.41) is 0. The molecule has 34 heavy (non-hydrogen) atoms. The number of aryl methyl sites for hydroxylation is 3. The smallest absolute Gasteiger partial charge is 0.305 e. The van der Waals surface area contributed by atoms with Gasteiger partial charge in [-0.15, -0.1) is 11.8 Å². The van der Waals surface area contributed by atoms with Crippen LogP contribution >= 0.6 is 11.8 Å². The molecule has 4 nitrogen and oxygen atoms in total. The number of rotatable bonds is 12. The molecule has 0 heterocycles. The van der Waals surface area contributed by atoms with Gasteiger partial charge in [0.1, 0.15) is 5.75 Å². The Bertz CT molecular complexity index is 1060. The van der Waals surface area contributed by atoms with Crippen molar-refractivity contribution in [2.45, 2.75) is 57.5 Å². The number of esters is 1. The number of para-hydroxylation sites is 1. The lowest BCUT2D eigenvalue weighted by Gasteiger charge is -2.18. The fraction of sp³-hybridized carbons (Fsp3) is 0.345. The van der Waals surface area contributed by atoms with E-state index in [0.29, 0.717) is 12.8 Å².